The second-order valence-corrected chi connectivity index (χ2v) is 6.32. The molecule has 102 valence electrons. The van der Waals surface area contributed by atoms with Crippen molar-refractivity contribution in [3.8, 4) is 0 Å². The van der Waals surface area contributed by atoms with E-state index in [1.165, 1.54) is 5.56 Å². The van der Waals surface area contributed by atoms with Crippen molar-refractivity contribution in [1.29, 1.82) is 0 Å². The van der Waals surface area contributed by atoms with E-state index in [1.807, 2.05) is 36.4 Å². The van der Waals surface area contributed by atoms with Gasteiger partial charge in [-0.05, 0) is 22.5 Å². The molecule has 0 aromatic heterocycles. The van der Waals surface area contributed by atoms with Crippen LogP contribution in [0.1, 0.15) is 30.9 Å². The summed E-state index contributed by atoms with van der Waals surface area (Å²) in [5.74, 6) is 0.903. The van der Waals surface area contributed by atoms with Crippen molar-refractivity contribution in [1.82, 2.24) is 0 Å². The molecule has 0 N–H and O–H groups in total. The SMILES string of the molecule is CC1(C)[C@H](C(=O)Cc2ccccc2)[C@H]1c1ccccc1. The first-order chi connectivity index (χ1) is 9.60. The summed E-state index contributed by atoms with van der Waals surface area (Å²) in [5.41, 5.74) is 2.50. The average Bonchev–Trinajstić information content (AvgIpc) is 3.04. The lowest BCUT2D eigenvalue weighted by molar-refractivity contribution is -0.120. The molecular weight excluding hydrogens is 244 g/mol. The van der Waals surface area contributed by atoms with Gasteiger partial charge < -0.3 is 0 Å². The number of carbonyl (C=O) groups is 1. The molecule has 0 unspecified atom stereocenters. The maximum absolute atomic E-state index is 12.6. The van der Waals surface area contributed by atoms with Gasteiger partial charge in [-0.1, -0.05) is 74.5 Å². The van der Waals surface area contributed by atoms with Crippen LogP contribution in [0.4, 0.5) is 0 Å². The van der Waals surface area contributed by atoms with Crippen LogP contribution in [0, 0.1) is 11.3 Å². The second-order valence-electron chi connectivity index (χ2n) is 6.32. The Kier molecular flexibility index (Phi) is 3.21. The largest absolute Gasteiger partial charge is 0.299 e. The monoisotopic (exact) mass is 264 g/mol. The fourth-order valence-corrected chi connectivity index (χ4v) is 3.43. The van der Waals surface area contributed by atoms with Crippen molar-refractivity contribution in [2.75, 3.05) is 0 Å². The molecule has 20 heavy (non-hydrogen) atoms. The normalized spacial score (nSPS) is 23.3. The standard InChI is InChI=1S/C19H20O/c1-19(2)17(15-11-7-4-8-12-15)18(19)16(20)13-14-9-5-3-6-10-14/h3-12,17-18H,13H2,1-2H3/t17-,18-/m1/s1. The summed E-state index contributed by atoms with van der Waals surface area (Å²) in [6, 6.07) is 20.5. The van der Waals surface area contributed by atoms with E-state index >= 15 is 0 Å². The first-order valence-corrected chi connectivity index (χ1v) is 7.22. The molecule has 1 nitrogen and oxygen atoms in total. The molecule has 2 aromatic carbocycles. The summed E-state index contributed by atoms with van der Waals surface area (Å²) in [6.07, 6.45) is 0.554. The summed E-state index contributed by atoms with van der Waals surface area (Å²) >= 11 is 0. The Hall–Kier alpha value is -1.89. The van der Waals surface area contributed by atoms with E-state index in [2.05, 4.69) is 38.1 Å². The highest BCUT2D eigenvalue weighted by Gasteiger charge is 2.61. The van der Waals surface area contributed by atoms with Crippen LogP contribution in [-0.4, -0.2) is 5.78 Å². The van der Waals surface area contributed by atoms with E-state index in [4.69, 9.17) is 0 Å². The van der Waals surface area contributed by atoms with Crippen molar-refractivity contribution < 1.29 is 4.79 Å². The van der Waals surface area contributed by atoms with Crippen LogP contribution in [-0.2, 0) is 11.2 Å². The number of rotatable bonds is 4. The van der Waals surface area contributed by atoms with Gasteiger partial charge in [0.15, 0.2) is 0 Å². The molecule has 1 fully saturated rings. The molecule has 1 saturated carbocycles. The lowest BCUT2D eigenvalue weighted by atomic mass is 10.0. The minimum atomic E-state index is 0.0905. The van der Waals surface area contributed by atoms with Gasteiger partial charge in [0, 0.05) is 12.3 Å². The molecule has 0 spiro atoms. The van der Waals surface area contributed by atoms with Crippen LogP contribution >= 0.6 is 0 Å². The molecule has 2 aromatic rings. The van der Waals surface area contributed by atoms with E-state index in [1.54, 1.807) is 0 Å². The van der Waals surface area contributed by atoms with Gasteiger partial charge in [-0.25, -0.2) is 0 Å². The fourth-order valence-electron chi connectivity index (χ4n) is 3.43. The Bertz CT molecular complexity index is 598. The molecule has 0 aliphatic heterocycles. The van der Waals surface area contributed by atoms with Gasteiger partial charge in [0.05, 0.1) is 0 Å². The quantitative estimate of drug-likeness (QED) is 0.807. The smallest absolute Gasteiger partial charge is 0.141 e. The third-order valence-electron chi connectivity index (χ3n) is 4.55. The molecule has 1 aliphatic carbocycles. The van der Waals surface area contributed by atoms with Gasteiger partial charge in [0.25, 0.3) is 0 Å². The zero-order chi connectivity index (χ0) is 14.2. The molecule has 1 heteroatoms. The number of ketones is 1. The van der Waals surface area contributed by atoms with Gasteiger partial charge >= 0.3 is 0 Å². The first-order valence-electron chi connectivity index (χ1n) is 7.22. The van der Waals surface area contributed by atoms with Crippen molar-refractivity contribution in [2.24, 2.45) is 11.3 Å². The first kappa shape index (κ1) is 13.1. The second kappa shape index (κ2) is 4.90. The predicted molar refractivity (Wildman–Crippen MR) is 81.6 cm³/mol. The molecule has 1 aliphatic rings. The Morgan fingerprint density at radius 1 is 0.950 bits per heavy atom. The van der Waals surface area contributed by atoms with Crippen molar-refractivity contribution in [2.45, 2.75) is 26.2 Å². The van der Waals surface area contributed by atoms with E-state index in [9.17, 15) is 4.79 Å². The van der Waals surface area contributed by atoms with Crippen LogP contribution in [0.3, 0.4) is 0 Å². The molecule has 0 bridgehead atoms. The Balaban J connectivity index is 1.76. The van der Waals surface area contributed by atoms with Gasteiger partial charge in [-0.3, -0.25) is 4.79 Å². The topological polar surface area (TPSA) is 17.1 Å². The van der Waals surface area contributed by atoms with Crippen molar-refractivity contribution >= 4 is 5.78 Å². The minimum Gasteiger partial charge on any atom is -0.299 e. The summed E-state index contributed by atoms with van der Waals surface area (Å²) < 4.78 is 0. The predicted octanol–water partition coefficient (Wildman–Crippen LogP) is 4.24. The van der Waals surface area contributed by atoms with E-state index in [-0.39, 0.29) is 11.3 Å². The highest BCUT2D eigenvalue weighted by atomic mass is 16.1. The number of Topliss-reactive ketones (excluding diaryl/α,β-unsaturated/α-hetero) is 1. The molecule has 0 radical (unpaired) electrons. The number of hydrogen-bond acceptors (Lipinski definition) is 1. The number of hydrogen-bond donors (Lipinski definition) is 0. The minimum absolute atomic E-state index is 0.0905. The van der Waals surface area contributed by atoms with Gasteiger partial charge in [0.1, 0.15) is 5.78 Å². The summed E-state index contributed by atoms with van der Waals surface area (Å²) in [7, 11) is 0. The van der Waals surface area contributed by atoms with Gasteiger partial charge in [0.2, 0.25) is 0 Å². The average molecular weight is 264 g/mol. The molecule has 2 atom stereocenters. The van der Waals surface area contributed by atoms with Crippen LogP contribution < -0.4 is 0 Å². The van der Waals surface area contributed by atoms with E-state index < -0.39 is 0 Å². The van der Waals surface area contributed by atoms with Crippen LogP contribution in [0.5, 0.6) is 0 Å². The maximum Gasteiger partial charge on any atom is 0.141 e. The molecule has 0 heterocycles. The summed E-state index contributed by atoms with van der Waals surface area (Å²) in [6.45, 7) is 4.41. The lowest BCUT2D eigenvalue weighted by Crippen LogP contribution is -2.09. The van der Waals surface area contributed by atoms with Gasteiger partial charge in [-0.2, -0.15) is 0 Å². The summed E-state index contributed by atoms with van der Waals surface area (Å²) in [5, 5.41) is 0. The van der Waals surface area contributed by atoms with E-state index in [0.717, 1.165) is 5.56 Å². The fraction of sp³-hybridized carbons (Fsp3) is 0.316. The number of carbonyl (C=O) groups excluding carboxylic acids is 1. The van der Waals surface area contributed by atoms with Gasteiger partial charge in [-0.15, -0.1) is 0 Å². The maximum atomic E-state index is 12.6. The zero-order valence-corrected chi connectivity index (χ0v) is 12.0. The number of benzene rings is 2. The summed E-state index contributed by atoms with van der Waals surface area (Å²) in [4.78, 5) is 12.6. The third kappa shape index (κ3) is 2.29. The molecule has 0 amide bonds. The van der Waals surface area contributed by atoms with Crippen LogP contribution in [0.25, 0.3) is 0 Å². The van der Waals surface area contributed by atoms with Crippen molar-refractivity contribution in [3.63, 3.8) is 0 Å². The van der Waals surface area contributed by atoms with E-state index in [0.29, 0.717) is 18.1 Å². The van der Waals surface area contributed by atoms with Crippen LogP contribution in [0.2, 0.25) is 0 Å². The highest BCUT2D eigenvalue weighted by Crippen LogP contribution is 2.64. The molecular formula is C19H20O. The van der Waals surface area contributed by atoms with Crippen LogP contribution in [0.15, 0.2) is 60.7 Å². The Labute approximate surface area is 120 Å². The zero-order valence-electron chi connectivity index (χ0n) is 12.0. The lowest BCUT2D eigenvalue weighted by Gasteiger charge is -2.02. The molecule has 3 rings (SSSR count). The Morgan fingerprint density at radius 3 is 2.10 bits per heavy atom. The Morgan fingerprint density at radius 2 is 1.50 bits per heavy atom. The molecule has 0 saturated heterocycles. The van der Waals surface area contributed by atoms with Crippen molar-refractivity contribution in [3.05, 3.63) is 71.8 Å². The third-order valence-corrected chi connectivity index (χ3v) is 4.55. The highest BCUT2D eigenvalue weighted by molar-refractivity contribution is 5.88.